The molecule has 1 unspecified atom stereocenters. The van der Waals surface area contributed by atoms with Gasteiger partial charge in [-0.05, 0) is 65.8 Å². The number of ether oxygens (including phenoxy) is 3. The lowest BCUT2D eigenvalue weighted by atomic mass is 9.77. The van der Waals surface area contributed by atoms with E-state index in [2.05, 4.69) is 5.32 Å². The van der Waals surface area contributed by atoms with Gasteiger partial charge in [0.25, 0.3) is 0 Å². The molecule has 1 amide bonds. The van der Waals surface area contributed by atoms with E-state index in [0.29, 0.717) is 24.6 Å². The van der Waals surface area contributed by atoms with Gasteiger partial charge >= 0.3 is 5.97 Å². The number of carbonyl (C=O) groups is 2. The molecule has 7 nitrogen and oxygen atoms in total. The predicted molar refractivity (Wildman–Crippen MR) is 125 cm³/mol. The van der Waals surface area contributed by atoms with E-state index in [4.69, 9.17) is 14.2 Å². The summed E-state index contributed by atoms with van der Waals surface area (Å²) in [6.07, 6.45) is 3.13. The highest BCUT2D eigenvalue weighted by Gasteiger charge is 2.26. The first-order valence-corrected chi connectivity index (χ1v) is 11.5. The number of fused-ring (bicyclic) bond motifs is 2. The molecule has 2 aliphatic rings. The number of methoxy groups -OCH3 is 2. The van der Waals surface area contributed by atoms with Crippen LogP contribution in [-0.2, 0) is 28.9 Å². The largest absolute Gasteiger partial charge is 0.493 e. The van der Waals surface area contributed by atoms with Gasteiger partial charge < -0.3 is 24.4 Å². The molecule has 0 saturated carbocycles. The van der Waals surface area contributed by atoms with Crippen molar-refractivity contribution in [2.45, 2.75) is 38.5 Å². The topological polar surface area (TPSA) is 77.1 Å². The number of rotatable bonds is 8. The molecule has 1 N–H and O–H groups in total. The van der Waals surface area contributed by atoms with E-state index in [-0.39, 0.29) is 11.9 Å². The summed E-state index contributed by atoms with van der Waals surface area (Å²) in [7, 11) is 3.29. The van der Waals surface area contributed by atoms with Gasteiger partial charge in [-0.25, -0.2) is 0 Å². The van der Waals surface area contributed by atoms with Gasteiger partial charge in [-0.15, -0.1) is 0 Å². The third-order valence-electron chi connectivity index (χ3n) is 6.55. The van der Waals surface area contributed by atoms with Gasteiger partial charge in [-0.1, -0.05) is 6.07 Å². The molecule has 0 radical (unpaired) electrons. The number of hydrogen-bond acceptors (Lipinski definition) is 6. The summed E-state index contributed by atoms with van der Waals surface area (Å²) in [5.74, 6) is 2.33. The van der Waals surface area contributed by atoms with Crippen molar-refractivity contribution in [1.82, 2.24) is 10.2 Å². The highest BCUT2D eigenvalue weighted by Crippen LogP contribution is 2.37. The lowest BCUT2D eigenvalue weighted by molar-refractivity contribution is -0.132. The highest BCUT2D eigenvalue weighted by atomic mass is 16.5. The maximum Gasteiger partial charge on any atom is 0.308 e. The molecule has 0 saturated heterocycles. The Morgan fingerprint density at radius 1 is 1.00 bits per heavy atom. The maximum absolute atomic E-state index is 12.8. The number of carbonyl (C=O) groups excluding carboxylic acids is 2. The van der Waals surface area contributed by atoms with E-state index in [1.54, 1.807) is 14.2 Å². The number of hydrogen-bond donors (Lipinski definition) is 1. The first-order chi connectivity index (χ1) is 16.0. The van der Waals surface area contributed by atoms with Crippen molar-refractivity contribution in [2.75, 3.05) is 40.4 Å². The van der Waals surface area contributed by atoms with Gasteiger partial charge in [0.15, 0.2) is 11.5 Å². The smallest absolute Gasteiger partial charge is 0.308 e. The molecule has 0 aromatic heterocycles. The summed E-state index contributed by atoms with van der Waals surface area (Å²) >= 11 is 0. The third kappa shape index (κ3) is 5.30. The molecule has 4 rings (SSSR count). The summed E-state index contributed by atoms with van der Waals surface area (Å²) in [6.45, 7) is 4.31. The summed E-state index contributed by atoms with van der Waals surface area (Å²) < 4.78 is 16.0. The molecule has 7 heteroatoms. The SMILES string of the molecule is COc1cc2c(cc1OC)CCN(C(=O)CCNCC1Cc3ccc(OC(C)=O)cc31)CC2. The predicted octanol–water partition coefficient (Wildman–Crippen LogP) is 2.88. The maximum atomic E-state index is 12.8. The van der Waals surface area contributed by atoms with Crippen molar-refractivity contribution in [2.24, 2.45) is 0 Å². The Kier molecular flexibility index (Phi) is 7.18. The number of esters is 1. The van der Waals surface area contributed by atoms with Crippen LogP contribution in [0.5, 0.6) is 17.2 Å². The van der Waals surface area contributed by atoms with E-state index < -0.39 is 0 Å². The zero-order valence-electron chi connectivity index (χ0n) is 19.6. The van der Waals surface area contributed by atoms with Crippen LogP contribution < -0.4 is 19.5 Å². The molecule has 2 aromatic rings. The van der Waals surface area contributed by atoms with Crippen molar-refractivity contribution >= 4 is 11.9 Å². The van der Waals surface area contributed by atoms with Crippen molar-refractivity contribution in [1.29, 1.82) is 0 Å². The summed E-state index contributed by atoms with van der Waals surface area (Å²) in [4.78, 5) is 25.9. The van der Waals surface area contributed by atoms with Gasteiger partial charge in [-0.3, -0.25) is 9.59 Å². The van der Waals surface area contributed by atoms with Crippen LogP contribution in [-0.4, -0.2) is 57.2 Å². The molecular formula is C26H32N2O5. The van der Waals surface area contributed by atoms with Crippen LogP contribution in [0.2, 0.25) is 0 Å². The molecule has 1 aliphatic carbocycles. The Morgan fingerprint density at radius 2 is 1.67 bits per heavy atom. The summed E-state index contributed by atoms with van der Waals surface area (Å²) in [6, 6.07) is 9.89. The molecular weight excluding hydrogens is 420 g/mol. The zero-order valence-corrected chi connectivity index (χ0v) is 19.6. The van der Waals surface area contributed by atoms with Gasteiger partial charge in [-0.2, -0.15) is 0 Å². The Balaban J connectivity index is 1.23. The van der Waals surface area contributed by atoms with E-state index in [9.17, 15) is 9.59 Å². The molecule has 2 aromatic carbocycles. The van der Waals surface area contributed by atoms with Gasteiger partial charge in [0, 0.05) is 45.4 Å². The molecule has 0 spiro atoms. The number of amides is 1. The fourth-order valence-electron chi connectivity index (χ4n) is 4.73. The van der Waals surface area contributed by atoms with E-state index in [0.717, 1.165) is 50.4 Å². The number of benzene rings is 2. The van der Waals surface area contributed by atoms with Crippen molar-refractivity contribution < 1.29 is 23.8 Å². The van der Waals surface area contributed by atoms with Crippen LogP contribution in [0.3, 0.4) is 0 Å². The molecule has 1 aliphatic heterocycles. The van der Waals surface area contributed by atoms with Crippen LogP contribution in [0.25, 0.3) is 0 Å². The van der Waals surface area contributed by atoms with Crippen LogP contribution >= 0.6 is 0 Å². The van der Waals surface area contributed by atoms with Gasteiger partial charge in [0.1, 0.15) is 5.75 Å². The van der Waals surface area contributed by atoms with E-state index in [1.807, 2.05) is 35.2 Å². The average Bonchev–Trinajstić information content (AvgIpc) is 3.00. The average molecular weight is 453 g/mol. The monoisotopic (exact) mass is 452 g/mol. The fraction of sp³-hybridized carbons (Fsp3) is 0.462. The molecule has 1 heterocycles. The Labute approximate surface area is 195 Å². The number of nitrogens with one attached hydrogen (secondary N) is 1. The first kappa shape index (κ1) is 23.1. The minimum absolute atomic E-state index is 0.181. The zero-order chi connectivity index (χ0) is 23.4. The van der Waals surface area contributed by atoms with Gasteiger partial charge in [0.05, 0.1) is 14.2 Å². The molecule has 176 valence electrons. The molecule has 0 bridgehead atoms. The Hall–Kier alpha value is -3.06. The summed E-state index contributed by atoms with van der Waals surface area (Å²) in [5, 5.41) is 3.43. The lowest BCUT2D eigenvalue weighted by Crippen LogP contribution is -2.36. The van der Waals surface area contributed by atoms with Crippen LogP contribution in [0.4, 0.5) is 0 Å². The first-order valence-electron chi connectivity index (χ1n) is 11.5. The second-order valence-corrected chi connectivity index (χ2v) is 8.67. The van der Waals surface area contributed by atoms with Gasteiger partial charge in [0.2, 0.25) is 5.91 Å². The van der Waals surface area contributed by atoms with Crippen molar-refractivity contribution in [3.63, 3.8) is 0 Å². The summed E-state index contributed by atoms with van der Waals surface area (Å²) in [5.41, 5.74) is 4.96. The highest BCUT2D eigenvalue weighted by molar-refractivity contribution is 5.76. The normalized spacial score (nSPS) is 16.7. The molecule has 1 atom stereocenters. The minimum atomic E-state index is -0.308. The van der Waals surface area contributed by atoms with E-state index in [1.165, 1.54) is 29.2 Å². The second kappa shape index (κ2) is 10.3. The lowest BCUT2D eigenvalue weighted by Gasteiger charge is -2.31. The minimum Gasteiger partial charge on any atom is -0.493 e. The Bertz CT molecular complexity index is 1000. The van der Waals surface area contributed by atoms with Crippen LogP contribution in [0.15, 0.2) is 30.3 Å². The Morgan fingerprint density at radius 3 is 2.27 bits per heavy atom. The standard InChI is InChI=1S/C26H32N2O5/c1-17(29)33-22-5-4-20-12-21(23(20)15-22)16-27-9-6-26(30)28-10-7-18-13-24(31-2)25(32-3)14-19(18)8-11-28/h4-5,13-15,21,27H,6-12,16H2,1-3H3. The molecule has 33 heavy (non-hydrogen) atoms. The van der Waals surface area contributed by atoms with Crippen LogP contribution in [0.1, 0.15) is 41.5 Å². The molecule has 0 fully saturated rings. The van der Waals surface area contributed by atoms with Crippen molar-refractivity contribution in [3.05, 3.63) is 52.6 Å². The second-order valence-electron chi connectivity index (χ2n) is 8.67. The third-order valence-corrected chi connectivity index (χ3v) is 6.55. The van der Waals surface area contributed by atoms with E-state index >= 15 is 0 Å². The van der Waals surface area contributed by atoms with Crippen molar-refractivity contribution in [3.8, 4) is 17.2 Å². The fourth-order valence-corrected chi connectivity index (χ4v) is 4.73. The van der Waals surface area contributed by atoms with Crippen LogP contribution in [0, 0.1) is 0 Å². The number of nitrogens with zero attached hydrogens (tertiary/aromatic N) is 1. The quantitative estimate of drug-likeness (QED) is 0.377.